The first kappa shape index (κ1) is 39.9. The molecule has 0 unspecified atom stereocenters. The lowest BCUT2D eigenvalue weighted by Gasteiger charge is -2.26. The molecule has 0 aromatic carbocycles. The minimum atomic E-state index is -1.16. The summed E-state index contributed by atoms with van der Waals surface area (Å²) in [5, 5.41) is 73.5. The van der Waals surface area contributed by atoms with Gasteiger partial charge < -0.3 is 40.5 Å². The van der Waals surface area contributed by atoms with Gasteiger partial charge in [0.05, 0.1) is 48.6 Å². The van der Waals surface area contributed by atoms with Gasteiger partial charge in [-0.05, 0) is 51.5 Å². The van der Waals surface area contributed by atoms with Crippen LogP contribution in [0.25, 0.3) is 0 Å². The molecule has 9 heteroatoms. The number of rotatable bonds is 5. The number of aliphatic hydroxyl groups is 7. The van der Waals surface area contributed by atoms with Crippen LogP contribution >= 0.6 is 0 Å². The molecule has 1 rings (SSSR count). The number of ether oxygens (including phenoxy) is 1. The number of carbonyl (C=O) groups excluding carboxylic acids is 1. The van der Waals surface area contributed by atoms with Crippen molar-refractivity contribution in [2.24, 2.45) is 5.92 Å². The van der Waals surface area contributed by atoms with Gasteiger partial charge in [-0.3, -0.25) is 4.79 Å². The number of allylic oxidation sites excluding steroid dienone is 8. The van der Waals surface area contributed by atoms with Gasteiger partial charge in [0.1, 0.15) is 6.10 Å². The van der Waals surface area contributed by atoms with Gasteiger partial charge >= 0.3 is 5.97 Å². The third kappa shape index (κ3) is 18.6. The van der Waals surface area contributed by atoms with E-state index in [1.54, 1.807) is 26.0 Å². The summed E-state index contributed by atoms with van der Waals surface area (Å²) in [7, 11) is 0. The largest absolute Gasteiger partial charge is 0.462 e. The number of aliphatic hydroxyl groups excluding tert-OH is 7. The fourth-order valence-electron chi connectivity index (χ4n) is 5.20. The molecule has 1 heterocycles. The molecule has 9 nitrogen and oxygen atoms in total. The zero-order chi connectivity index (χ0) is 32.9. The van der Waals surface area contributed by atoms with E-state index in [9.17, 15) is 40.5 Å². The summed E-state index contributed by atoms with van der Waals surface area (Å²) in [4.78, 5) is 13.1. The Balaban J connectivity index is 3.01. The molecule has 0 radical (unpaired) electrons. The van der Waals surface area contributed by atoms with Gasteiger partial charge in [0.15, 0.2) is 0 Å². The van der Waals surface area contributed by atoms with Crippen LogP contribution < -0.4 is 0 Å². The molecule has 1 aliphatic rings. The zero-order valence-electron chi connectivity index (χ0n) is 26.8. The first-order valence-corrected chi connectivity index (χ1v) is 16.2. The first-order chi connectivity index (χ1) is 20.9. The summed E-state index contributed by atoms with van der Waals surface area (Å²) in [5.41, 5.74) is 0.652. The third-order valence-corrected chi connectivity index (χ3v) is 7.79. The van der Waals surface area contributed by atoms with E-state index in [1.165, 1.54) is 0 Å². The molecule has 0 aromatic rings. The number of cyclic esters (lactones) is 1. The van der Waals surface area contributed by atoms with Gasteiger partial charge in [-0.15, -0.1) is 0 Å². The van der Waals surface area contributed by atoms with E-state index in [-0.39, 0.29) is 38.5 Å². The highest BCUT2D eigenvalue weighted by molar-refractivity contribution is 5.73. The monoisotopic (exact) mass is 622 g/mol. The first-order valence-electron chi connectivity index (χ1n) is 16.2. The van der Waals surface area contributed by atoms with Crippen LogP contribution in [0.5, 0.6) is 0 Å². The molecular weight excluding hydrogens is 564 g/mol. The Labute approximate surface area is 264 Å². The van der Waals surface area contributed by atoms with Crippen molar-refractivity contribution in [3.8, 4) is 0 Å². The molecule has 0 fully saturated rings. The van der Waals surface area contributed by atoms with E-state index in [2.05, 4.69) is 6.92 Å². The van der Waals surface area contributed by atoms with Crippen LogP contribution in [0.4, 0.5) is 0 Å². The molecule has 0 saturated heterocycles. The van der Waals surface area contributed by atoms with E-state index in [4.69, 9.17) is 4.74 Å². The Hall–Kier alpha value is -2.11. The van der Waals surface area contributed by atoms with Crippen LogP contribution in [0.15, 0.2) is 60.3 Å². The van der Waals surface area contributed by atoms with Gasteiger partial charge in [0.25, 0.3) is 0 Å². The molecule has 7 N–H and O–H groups in total. The van der Waals surface area contributed by atoms with Crippen molar-refractivity contribution in [3.05, 3.63) is 60.3 Å². The SMILES string of the molecule is CCCCCC[C@H]1C(=O)O[C@H](C)C\C=C/C=C\C=C/C=C\C=C(\C)[C@@H](O)C[C@H](O)C[C@H](O)C[C@H](O)C[C@H](O)C[C@H](O)C[C@@H]1O. The molecule has 0 bridgehead atoms. The van der Waals surface area contributed by atoms with Gasteiger partial charge in [-0.1, -0.05) is 87.3 Å². The second-order valence-corrected chi connectivity index (χ2v) is 12.2. The molecule has 0 saturated carbocycles. The maximum atomic E-state index is 13.1. The van der Waals surface area contributed by atoms with E-state index < -0.39 is 60.7 Å². The van der Waals surface area contributed by atoms with Crippen LogP contribution in [0.3, 0.4) is 0 Å². The Kier molecular flexibility index (Phi) is 21.1. The Bertz CT molecular complexity index is 925. The van der Waals surface area contributed by atoms with Crippen molar-refractivity contribution in [2.75, 3.05) is 0 Å². The lowest BCUT2D eigenvalue weighted by Crippen LogP contribution is -2.35. The predicted octanol–water partition coefficient (Wildman–Crippen LogP) is 3.95. The molecule has 0 aliphatic carbocycles. The highest BCUT2D eigenvalue weighted by atomic mass is 16.5. The van der Waals surface area contributed by atoms with Crippen molar-refractivity contribution in [1.29, 1.82) is 0 Å². The van der Waals surface area contributed by atoms with Crippen LogP contribution in [-0.2, 0) is 9.53 Å². The van der Waals surface area contributed by atoms with Crippen molar-refractivity contribution < 1.29 is 45.3 Å². The van der Waals surface area contributed by atoms with Gasteiger partial charge in [0, 0.05) is 19.3 Å². The number of unbranched alkanes of at least 4 members (excludes halogenated alkanes) is 3. The third-order valence-electron chi connectivity index (χ3n) is 7.79. The molecule has 252 valence electrons. The summed E-state index contributed by atoms with van der Waals surface area (Å²) in [5.74, 6) is -1.32. The van der Waals surface area contributed by atoms with Crippen molar-refractivity contribution in [1.82, 2.24) is 0 Å². The molecular formula is C35H58O9. The summed E-state index contributed by atoms with van der Waals surface area (Å²) in [6.07, 6.45) is 12.7. The van der Waals surface area contributed by atoms with Crippen LogP contribution in [-0.4, -0.2) is 90.5 Å². The van der Waals surface area contributed by atoms with Crippen LogP contribution in [0.2, 0.25) is 0 Å². The zero-order valence-corrected chi connectivity index (χ0v) is 26.8. The summed E-state index contributed by atoms with van der Waals surface area (Å²) in [6, 6.07) is 0. The van der Waals surface area contributed by atoms with E-state index in [1.807, 2.05) is 42.5 Å². The predicted molar refractivity (Wildman–Crippen MR) is 172 cm³/mol. The summed E-state index contributed by atoms with van der Waals surface area (Å²) in [6.45, 7) is 5.62. The van der Waals surface area contributed by atoms with E-state index in [0.717, 1.165) is 25.7 Å². The van der Waals surface area contributed by atoms with E-state index >= 15 is 0 Å². The average Bonchev–Trinajstić information content (AvgIpc) is 2.92. The summed E-state index contributed by atoms with van der Waals surface area (Å²) < 4.78 is 5.65. The lowest BCUT2D eigenvalue weighted by atomic mass is 9.90. The van der Waals surface area contributed by atoms with E-state index in [0.29, 0.717) is 18.4 Å². The van der Waals surface area contributed by atoms with Crippen molar-refractivity contribution in [3.63, 3.8) is 0 Å². The van der Waals surface area contributed by atoms with Crippen molar-refractivity contribution >= 4 is 5.97 Å². The Morgan fingerprint density at radius 1 is 0.682 bits per heavy atom. The minimum Gasteiger partial charge on any atom is -0.462 e. The second kappa shape index (κ2) is 23.3. The number of esters is 1. The molecule has 9 atom stereocenters. The maximum absolute atomic E-state index is 13.1. The van der Waals surface area contributed by atoms with Gasteiger partial charge in [0.2, 0.25) is 0 Å². The van der Waals surface area contributed by atoms with Crippen LogP contribution in [0, 0.1) is 5.92 Å². The normalized spacial score (nSPS) is 37.4. The fraction of sp³-hybridized carbons (Fsp3) is 0.686. The second-order valence-electron chi connectivity index (χ2n) is 12.2. The summed E-state index contributed by atoms with van der Waals surface area (Å²) >= 11 is 0. The average molecular weight is 623 g/mol. The Morgan fingerprint density at radius 3 is 1.75 bits per heavy atom. The molecule has 44 heavy (non-hydrogen) atoms. The maximum Gasteiger partial charge on any atom is 0.311 e. The number of hydrogen-bond acceptors (Lipinski definition) is 9. The van der Waals surface area contributed by atoms with Gasteiger partial charge in [-0.25, -0.2) is 0 Å². The molecule has 0 spiro atoms. The Morgan fingerprint density at radius 2 is 1.18 bits per heavy atom. The molecule has 0 amide bonds. The minimum absolute atomic E-state index is 0.0249. The fourth-order valence-corrected chi connectivity index (χ4v) is 5.20. The van der Waals surface area contributed by atoms with Crippen LogP contribution in [0.1, 0.15) is 97.8 Å². The topological polar surface area (TPSA) is 168 Å². The highest BCUT2D eigenvalue weighted by Crippen LogP contribution is 2.23. The molecule has 0 aromatic heterocycles. The quantitative estimate of drug-likeness (QED) is 0.177. The standard InChI is InChI=1S/C35H58O9/c1-4-5-6-15-18-32-34(42)24-31(40)22-29(38)20-27(36)19-28(37)21-30(39)23-33(41)25(2)16-13-11-9-7-8-10-12-14-17-26(3)44-35(32)43/h7-14,16,26-34,36-42H,4-6,15,17-24H2,1-3H3/b9-7-,10-8-,13-11-,14-12-,25-16-/t26-,27+,28-,29+,30-,31+,32-,33+,34+/m1/s1. The van der Waals surface area contributed by atoms with Gasteiger partial charge in [-0.2, -0.15) is 0 Å². The lowest BCUT2D eigenvalue weighted by molar-refractivity contribution is -0.158. The number of hydrogen-bond donors (Lipinski definition) is 7. The van der Waals surface area contributed by atoms with Crippen molar-refractivity contribution in [2.45, 2.75) is 147 Å². The molecule has 1 aliphatic heterocycles. The highest BCUT2D eigenvalue weighted by Gasteiger charge is 2.31. The number of carbonyl (C=O) groups is 1. The smallest absolute Gasteiger partial charge is 0.311 e.